The largest absolute Gasteiger partial charge is 0.495 e. The van der Waals surface area contributed by atoms with Crippen LogP contribution in [0.1, 0.15) is 18.4 Å². The van der Waals surface area contributed by atoms with Gasteiger partial charge in [0.2, 0.25) is 0 Å². The third-order valence-electron chi connectivity index (χ3n) is 3.51. The molecule has 0 heterocycles. The Kier molecular flexibility index (Phi) is 8.09. The lowest BCUT2D eigenvalue weighted by Crippen LogP contribution is -2.22. The average Bonchev–Trinajstić information content (AvgIpc) is 2.62. The van der Waals surface area contributed by atoms with E-state index in [0.29, 0.717) is 36.5 Å². The maximum atomic E-state index is 6.07. The number of methoxy groups -OCH3 is 1. The number of hydrogen-bond donors (Lipinski definition) is 2. The van der Waals surface area contributed by atoms with Crippen LogP contribution in [0.2, 0.25) is 5.02 Å². The van der Waals surface area contributed by atoms with Gasteiger partial charge in [0.1, 0.15) is 5.75 Å². The zero-order valence-electron chi connectivity index (χ0n) is 14.4. The Morgan fingerprint density at radius 2 is 1.96 bits per heavy atom. The summed E-state index contributed by atoms with van der Waals surface area (Å²) in [6.07, 6.45) is 1.86. The first-order valence-electron chi connectivity index (χ1n) is 8.21. The molecular weight excluding hydrogens is 338 g/mol. The molecule has 0 spiro atoms. The standard InChI is InChI=1S/C19H24ClN3O2/c1-24-18-10-9-16(13-17(18)20)23-19(21)22-11-5-6-12-25-14-15-7-3-2-4-8-15/h2-4,7-10,13H,5-6,11-12,14H2,1H3,(H3,21,22,23). The molecule has 0 aliphatic heterocycles. The molecule has 3 N–H and O–H groups in total. The van der Waals surface area contributed by atoms with Gasteiger partial charge in [0.25, 0.3) is 0 Å². The van der Waals surface area contributed by atoms with Crippen molar-refractivity contribution in [2.45, 2.75) is 19.4 Å². The third kappa shape index (κ3) is 7.03. The van der Waals surface area contributed by atoms with E-state index in [-0.39, 0.29) is 0 Å². The lowest BCUT2D eigenvalue weighted by molar-refractivity contribution is 0.117. The van der Waals surface area contributed by atoms with E-state index in [1.807, 2.05) is 24.3 Å². The van der Waals surface area contributed by atoms with Crippen molar-refractivity contribution in [1.82, 2.24) is 0 Å². The van der Waals surface area contributed by atoms with Crippen molar-refractivity contribution in [2.75, 3.05) is 25.6 Å². The van der Waals surface area contributed by atoms with Gasteiger partial charge in [0, 0.05) is 18.8 Å². The van der Waals surface area contributed by atoms with Crippen LogP contribution in [-0.2, 0) is 11.3 Å². The van der Waals surface area contributed by atoms with Crippen LogP contribution in [0.5, 0.6) is 5.75 Å². The number of nitrogens with zero attached hydrogens (tertiary/aromatic N) is 1. The Hall–Kier alpha value is -2.24. The maximum absolute atomic E-state index is 6.07. The fourth-order valence-corrected chi connectivity index (χ4v) is 2.47. The van der Waals surface area contributed by atoms with Crippen LogP contribution in [0.25, 0.3) is 0 Å². The number of aliphatic imine (C=N–C) groups is 1. The molecule has 134 valence electrons. The smallest absolute Gasteiger partial charge is 0.193 e. The van der Waals surface area contributed by atoms with Crippen LogP contribution in [-0.4, -0.2) is 26.2 Å². The van der Waals surface area contributed by atoms with Crippen LogP contribution in [0, 0.1) is 0 Å². The first-order valence-corrected chi connectivity index (χ1v) is 8.59. The average molecular weight is 362 g/mol. The van der Waals surface area contributed by atoms with E-state index in [0.717, 1.165) is 18.5 Å². The predicted octanol–water partition coefficient (Wildman–Crippen LogP) is 4.07. The van der Waals surface area contributed by atoms with Gasteiger partial charge in [0.05, 0.1) is 18.7 Å². The van der Waals surface area contributed by atoms with Crippen LogP contribution in [0.15, 0.2) is 53.5 Å². The molecule has 25 heavy (non-hydrogen) atoms. The lowest BCUT2D eigenvalue weighted by atomic mass is 10.2. The molecule has 0 saturated carbocycles. The summed E-state index contributed by atoms with van der Waals surface area (Å²) in [5, 5.41) is 3.54. The van der Waals surface area contributed by atoms with Gasteiger partial charge in [-0.3, -0.25) is 4.99 Å². The number of guanidine groups is 1. The number of benzene rings is 2. The Labute approximate surface area is 153 Å². The van der Waals surface area contributed by atoms with Gasteiger partial charge in [-0.15, -0.1) is 0 Å². The SMILES string of the molecule is COc1ccc(NC(N)=NCCCCOCc2ccccc2)cc1Cl. The van der Waals surface area contributed by atoms with Crippen molar-refractivity contribution in [3.63, 3.8) is 0 Å². The summed E-state index contributed by atoms with van der Waals surface area (Å²) in [5.74, 6) is 0.990. The number of hydrogen-bond acceptors (Lipinski definition) is 3. The molecule has 2 aromatic rings. The summed E-state index contributed by atoms with van der Waals surface area (Å²) in [4.78, 5) is 4.30. The second-order valence-corrected chi connectivity index (χ2v) is 5.89. The summed E-state index contributed by atoms with van der Waals surface area (Å²) >= 11 is 6.07. The molecule has 0 radical (unpaired) electrons. The van der Waals surface area contributed by atoms with Gasteiger partial charge >= 0.3 is 0 Å². The number of unbranched alkanes of at least 4 members (excludes halogenated alkanes) is 1. The Morgan fingerprint density at radius 3 is 2.68 bits per heavy atom. The number of anilines is 1. The molecule has 0 fully saturated rings. The van der Waals surface area contributed by atoms with Crippen molar-refractivity contribution < 1.29 is 9.47 Å². The highest BCUT2D eigenvalue weighted by Crippen LogP contribution is 2.26. The predicted molar refractivity (Wildman–Crippen MR) is 103 cm³/mol. The lowest BCUT2D eigenvalue weighted by Gasteiger charge is -2.08. The first-order chi connectivity index (χ1) is 12.2. The second-order valence-electron chi connectivity index (χ2n) is 5.49. The minimum atomic E-state index is 0.367. The highest BCUT2D eigenvalue weighted by Gasteiger charge is 2.02. The number of nitrogens with two attached hydrogens (primary N) is 1. The summed E-state index contributed by atoms with van der Waals surface area (Å²) in [5.41, 5.74) is 7.84. The van der Waals surface area contributed by atoms with Crippen LogP contribution in [0.4, 0.5) is 5.69 Å². The number of rotatable bonds is 9. The van der Waals surface area contributed by atoms with Crippen molar-refractivity contribution in [3.8, 4) is 5.75 Å². The molecule has 0 aliphatic rings. The van der Waals surface area contributed by atoms with E-state index in [2.05, 4.69) is 22.4 Å². The maximum Gasteiger partial charge on any atom is 0.193 e. The highest BCUT2D eigenvalue weighted by molar-refractivity contribution is 6.32. The minimum absolute atomic E-state index is 0.367. The molecule has 0 aromatic heterocycles. The van der Waals surface area contributed by atoms with Gasteiger partial charge in [-0.05, 0) is 36.6 Å². The second kappa shape index (κ2) is 10.6. The Balaban J connectivity index is 1.62. The fraction of sp³-hybridized carbons (Fsp3) is 0.316. The highest BCUT2D eigenvalue weighted by atomic mass is 35.5. The molecule has 0 amide bonds. The number of ether oxygens (including phenoxy) is 2. The fourth-order valence-electron chi connectivity index (χ4n) is 2.21. The number of halogens is 1. The molecule has 0 atom stereocenters. The Bertz CT molecular complexity index is 678. The van der Waals surface area contributed by atoms with E-state index in [1.54, 1.807) is 19.2 Å². The summed E-state index contributed by atoms with van der Waals surface area (Å²) < 4.78 is 10.7. The monoisotopic (exact) mass is 361 g/mol. The third-order valence-corrected chi connectivity index (χ3v) is 3.81. The molecule has 0 unspecified atom stereocenters. The van der Waals surface area contributed by atoms with Gasteiger partial charge < -0.3 is 20.5 Å². The van der Waals surface area contributed by atoms with Crippen molar-refractivity contribution in [3.05, 3.63) is 59.1 Å². The zero-order valence-corrected chi connectivity index (χ0v) is 15.1. The van der Waals surface area contributed by atoms with E-state index in [9.17, 15) is 0 Å². The molecule has 0 aliphatic carbocycles. The molecular formula is C19H24ClN3O2. The van der Waals surface area contributed by atoms with E-state index in [1.165, 1.54) is 5.56 Å². The molecule has 6 heteroatoms. The van der Waals surface area contributed by atoms with Gasteiger partial charge in [-0.1, -0.05) is 41.9 Å². The van der Waals surface area contributed by atoms with Crippen molar-refractivity contribution in [2.24, 2.45) is 10.7 Å². The van der Waals surface area contributed by atoms with Crippen molar-refractivity contribution >= 4 is 23.2 Å². The van der Waals surface area contributed by atoms with E-state index < -0.39 is 0 Å². The Morgan fingerprint density at radius 1 is 1.16 bits per heavy atom. The first kappa shape index (κ1) is 19.1. The van der Waals surface area contributed by atoms with Crippen LogP contribution in [0.3, 0.4) is 0 Å². The molecule has 2 rings (SSSR count). The quantitative estimate of drug-likeness (QED) is 0.401. The van der Waals surface area contributed by atoms with Gasteiger partial charge in [-0.25, -0.2) is 0 Å². The molecule has 0 bridgehead atoms. The molecule has 0 saturated heterocycles. The van der Waals surface area contributed by atoms with Crippen LogP contribution < -0.4 is 15.8 Å². The van der Waals surface area contributed by atoms with Crippen molar-refractivity contribution in [1.29, 1.82) is 0 Å². The zero-order chi connectivity index (χ0) is 17.9. The molecule has 5 nitrogen and oxygen atoms in total. The minimum Gasteiger partial charge on any atom is -0.495 e. The van der Waals surface area contributed by atoms with E-state index in [4.69, 9.17) is 26.8 Å². The van der Waals surface area contributed by atoms with Crippen LogP contribution >= 0.6 is 11.6 Å². The topological polar surface area (TPSA) is 68.9 Å². The molecule has 2 aromatic carbocycles. The normalized spacial score (nSPS) is 11.4. The van der Waals surface area contributed by atoms with E-state index >= 15 is 0 Å². The summed E-state index contributed by atoms with van der Waals surface area (Å²) in [6.45, 7) is 2.01. The summed E-state index contributed by atoms with van der Waals surface area (Å²) in [6, 6.07) is 15.5. The summed E-state index contributed by atoms with van der Waals surface area (Å²) in [7, 11) is 1.58. The van der Waals surface area contributed by atoms with Gasteiger partial charge in [0.15, 0.2) is 5.96 Å². The van der Waals surface area contributed by atoms with Gasteiger partial charge in [-0.2, -0.15) is 0 Å². The number of nitrogens with one attached hydrogen (secondary N) is 1.